The molecule has 1 amide bonds. The van der Waals surface area contributed by atoms with Gasteiger partial charge in [0.2, 0.25) is 0 Å². The van der Waals surface area contributed by atoms with Gasteiger partial charge in [-0.3, -0.25) is 4.79 Å². The van der Waals surface area contributed by atoms with Gasteiger partial charge in [-0.15, -0.1) is 0 Å². The number of rotatable bonds is 6. The molecule has 0 aliphatic carbocycles. The molecular weight excluding hydrogens is 248 g/mol. The number of unbranched alkanes of at least 4 members (excludes halogenated alkanes) is 1. The fraction of sp³-hybridized carbons (Fsp3) is 0.588. The van der Waals surface area contributed by atoms with Gasteiger partial charge in [-0.1, -0.05) is 32.8 Å². The second-order valence-electron chi connectivity index (χ2n) is 6.06. The topological polar surface area (TPSA) is 41.1 Å². The third-order valence-corrected chi connectivity index (χ3v) is 3.85. The fourth-order valence-corrected chi connectivity index (χ4v) is 2.60. The minimum Gasteiger partial charge on any atom is -0.352 e. The van der Waals surface area contributed by atoms with E-state index < -0.39 is 0 Å². The number of hydrogen-bond donors (Lipinski definition) is 2. The smallest absolute Gasteiger partial charge is 0.251 e. The molecule has 1 heterocycles. The Bertz CT molecular complexity index is 454. The molecule has 1 aromatic rings. The maximum absolute atomic E-state index is 12.1. The summed E-state index contributed by atoms with van der Waals surface area (Å²) in [6.45, 7) is 7.17. The first-order valence-electron chi connectivity index (χ1n) is 7.77. The van der Waals surface area contributed by atoms with Crippen molar-refractivity contribution in [1.82, 2.24) is 10.6 Å². The van der Waals surface area contributed by atoms with Crippen LogP contribution < -0.4 is 10.6 Å². The summed E-state index contributed by atoms with van der Waals surface area (Å²) in [4.78, 5) is 12.1. The summed E-state index contributed by atoms with van der Waals surface area (Å²) in [5, 5.41) is 6.37. The van der Waals surface area contributed by atoms with E-state index in [1.54, 1.807) is 0 Å². The van der Waals surface area contributed by atoms with Crippen molar-refractivity contribution in [3.63, 3.8) is 0 Å². The zero-order valence-electron chi connectivity index (χ0n) is 12.7. The third kappa shape index (κ3) is 4.34. The van der Waals surface area contributed by atoms with Crippen molar-refractivity contribution in [2.75, 3.05) is 13.1 Å². The molecule has 20 heavy (non-hydrogen) atoms. The second-order valence-corrected chi connectivity index (χ2v) is 6.06. The van der Waals surface area contributed by atoms with Crippen molar-refractivity contribution in [3.8, 4) is 0 Å². The number of carbonyl (C=O) groups excluding carboxylic acids is 1. The van der Waals surface area contributed by atoms with Crippen molar-refractivity contribution in [3.05, 3.63) is 34.9 Å². The van der Waals surface area contributed by atoms with Crippen molar-refractivity contribution in [2.45, 2.75) is 46.1 Å². The predicted octanol–water partition coefficient (Wildman–Crippen LogP) is 2.89. The Morgan fingerprint density at radius 2 is 2.15 bits per heavy atom. The highest BCUT2D eigenvalue weighted by Gasteiger charge is 2.12. The number of carbonyl (C=O) groups is 1. The average Bonchev–Trinajstić information content (AvgIpc) is 2.46. The Morgan fingerprint density at radius 3 is 2.95 bits per heavy atom. The third-order valence-electron chi connectivity index (χ3n) is 3.85. The summed E-state index contributed by atoms with van der Waals surface area (Å²) in [7, 11) is 0. The Hall–Kier alpha value is -1.35. The number of hydrogen-bond acceptors (Lipinski definition) is 2. The Labute approximate surface area is 122 Å². The molecule has 0 bridgehead atoms. The molecule has 0 saturated carbocycles. The van der Waals surface area contributed by atoms with Crippen LogP contribution in [0.4, 0.5) is 0 Å². The van der Waals surface area contributed by atoms with E-state index >= 15 is 0 Å². The molecule has 0 saturated heterocycles. The van der Waals surface area contributed by atoms with Gasteiger partial charge in [-0.25, -0.2) is 0 Å². The summed E-state index contributed by atoms with van der Waals surface area (Å²) in [6.07, 6.45) is 4.55. The van der Waals surface area contributed by atoms with Crippen LogP contribution in [0.15, 0.2) is 18.2 Å². The van der Waals surface area contributed by atoms with E-state index in [-0.39, 0.29) is 5.91 Å². The van der Waals surface area contributed by atoms with E-state index in [9.17, 15) is 4.79 Å². The Kier molecular flexibility index (Phi) is 5.60. The summed E-state index contributed by atoms with van der Waals surface area (Å²) in [5.41, 5.74) is 3.43. The highest BCUT2D eigenvalue weighted by atomic mass is 16.1. The van der Waals surface area contributed by atoms with Crippen LogP contribution in [-0.4, -0.2) is 19.0 Å². The largest absolute Gasteiger partial charge is 0.352 e. The van der Waals surface area contributed by atoms with Gasteiger partial charge >= 0.3 is 0 Å². The molecule has 0 radical (unpaired) electrons. The zero-order valence-corrected chi connectivity index (χ0v) is 12.7. The second kappa shape index (κ2) is 7.44. The lowest BCUT2D eigenvalue weighted by Crippen LogP contribution is -2.27. The Balaban J connectivity index is 1.80. The minimum absolute atomic E-state index is 0.0583. The lowest BCUT2D eigenvalue weighted by molar-refractivity contribution is 0.0952. The SMILES string of the molecule is CC(C)CCCCNC(=O)c1ccc2c(c1)CNCC2. The van der Waals surface area contributed by atoms with Gasteiger partial charge in [0, 0.05) is 18.7 Å². The van der Waals surface area contributed by atoms with Crippen molar-refractivity contribution >= 4 is 5.91 Å². The monoisotopic (exact) mass is 274 g/mol. The molecule has 2 rings (SSSR count). The van der Waals surface area contributed by atoms with Gasteiger partial charge in [-0.05, 0) is 48.6 Å². The quantitative estimate of drug-likeness (QED) is 0.783. The van der Waals surface area contributed by atoms with Crippen LogP contribution in [0.1, 0.15) is 54.6 Å². The van der Waals surface area contributed by atoms with Crippen LogP contribution in [0.3, 0.4) is 0 Å². The molecule has 0 unspecified atom stereocenters. The van der Waals surface area contributed by atoms with E-state index in [0.29, 0.717) is 0 Å². The molecule has 1 aliphatic rings. The van der Waals surface area contributed by atoms with E-state index in [0.717, 1.165) is 44.0 Å². The fourth-order valence-electron chi connectivity index (χ4n) is 2.60. The lowest BCUT2D eigenvalue weighted by Gasteiger charge is -2.17. The van der Waals surface area contributed by atoms with Crippen molar-refractivity contribution in [2.24, 2.45) is 5.92 Å². The van der Waals surface area contributed by atoms with E-state index in [1.165, 1.54) is 24.0 Å². The maximum Gasteiger partial charge on any atom is 0.251 e. The number of benzene rings is 1. The standard InChI is InChI=1S/C17H26N2O/c1-13(2)5-3-4-9-19-17(20)15-7-6-14-8-10-18-12-16(14)11-15/h6-7,11,13,18H,3-5,8-10,12H2,1-2H3,(H,19,20). The van der Waals surface area contributed by atoms with E-state index in [1.807, 2.05) is 12.1 Å². The normalized spacial score (nSPS) is 14.2. The molecule has 2 N–H and O–H groups in total. The first-order valence-corrected chi connectivity index (χ1v) is 7.77. The van der Waals surface area contributed by atoms with Crippen LogP contribution >= 0.6 is 0 Å². The van der Waals surface area contributed by atoms with Gasteiger partial charge in [0.25, 0.3) is 5.91 Å². The molecule has 110 valence electrons. The highest BCUT2D eigenvalue weighted by Crippen LogP contribution is 2.15. The molecular formula is C17H26N2O. The lowest BCUT2D eigenvalue weighted by atomic mass is 9.98. The molecule has 0 fully saturated rings. The number of fused-ring (bicyclic) bond motifs is 1. The van der Waals surface area contributed by atoms with Crippen molar-refractivity contribution < 1.29 is 4.79 Å². The van der Waals surface area contributed by atoms with E-state index in [4.69, 9.17) is 0 Å². The zero-order chi connectivity index (χ0) is 14.4. The average molecular weight is 274 g/mol. The van der Waals surface area contributed by atoms with Crippen molar-refractivity contribution in [1.29, 1.82) is 0 Å². The number of amides is 1. The van der Waals surface area contributed by atoms with Gasteiger partial charge in [0.15, 0.2) is 0 Å². The molecule has 0 atom stereocenters. The molecule has 0 aromatic heterocycles. The Morgan fingerprint density at radius 1 is 1.30 bits per heavy atom. The van der Waals surface area contributed by atoms with Gasteiger partial charge in [0.05, 0.1) is 0 Å². The van der Waals surface area contributed by atoms with Crippen LogP contribution in [-0.2, 0) is 13.0 Å². The minimum atomic E-state index is 0.0583. The highest BCUT2D eigenvalue weighted by molar-refractivity contribution is 5.94. The number of nitrogens with one attached hydrogen (secondary N) is 2. The first kappa shape index (κ1) is 15.0. The van der Waals surface area contributed by atoms with Crippen LogP contribution in [0.5, 0.6) is 0 Å². The van der Waals surface area contributed by atoms with Gasteiger partial charge in [0.1, 0.15) is 0 Å². The summed E-state index contributed by atoms with van der Waals surface area (Å²) in [6, 6.07) is 6.09. The molecule has 1 aliphatic heterocycles. The van der Waals surface area contributed by atoms with Crippen LogP contribution in [0, 0.1) is 5.92 Å². The maximum atomic E-state index is 12.1. The molecule has 1 aromatic carbocycles. The van der Waals surface area contributed by atoms with Gasteiger partial charge < -0.3 is 10.6 Å². The van der Waals surface area contributed by atoms with Crippen LogP contribution in [0.2, 0.25) is 0 Å². The molecule has 3 nitrogen and oxygen atoms in total. The summed E-state index contributed by atoms with van der Waals surface area (Å²) >= 11 is 0. The van der Waals surface area contributed by atoms with Crippen LogP contribution in [0.25, 0.3) is 0 Å². The molecule has 3 heteroatoms. The summed E-state index contributed by atoms with van der Waals surface area (Å²) < 4.78 is 0. The van der Waals surface area contributed by atoms with Gasteiger partial charge in [-0.2, -0.15) is 0 Å². The summed E-state index contributed by atoms with van der Waals surface area (Å²) in [5.74, 6) is 0.807. The predicted molar refractivity (Wildman–Crippen MR) is 82.9 cm³/mol. The van der Waals surface area contributed by atoms with E-state index in [2.05, 4.69) is 30.5 Å². The first-order chi connectivity index (χ1) is 9.66. The molecule has 0 spiro atoms.